The Hall–Kier alpha value is -3.59. The highest BCUT2D eigenvalue weighted by molar-refractivity contribution is 5.76. The zero-order valence-corrected chi connectivity index (χ0v) is 16.5. The molecule has 1 unspecified atom stereocenters. The maximum atomic E-state index is 14.7. The third-order valence-electron chi connectivity index (χ3n) is 4.64. The Kier molecular flexibility index (Phi) is 6.40. The van der Waals surface area contributed by atoms with Crippen molar-refractivity contribution >= 4 is 17.9 Å². The summed E-state index contributed by atoms with van der Waals surface area (Å²) in [5.41, 5.74) is 3.74. The number of aliphatic imine (C=N–C) groups is 1. The van der Waals surface area contributed by atoms with E-state index in [4.69, 9.17) is 20.5 Å². The van der Waals surface area contributed by atoms with Crippen LogP contribution in [0.25, 0.3) is 11.9 Å². The lowest BCUT2D eigenvalue weighted by Gasteiger charge is -2.38. The Labute approximate surface area is 179 Å². The van der Waals surface area contributed by atoms with Crippen molar-refractivity contribution in [2.75, 3.05) is 13.2 Å². The number of ether oxygens (including phenoxy) is 2. The molecule has 0 aliphatic carbocycles. The monoisotopic (exact) mass is 453 g/mol. The van der Waals surface area contributed by atoms with Gasteiger partial charge in [-0.1, -0.05) is 6.07 Å². The average Bonchev–Trinajstić information content (AvgIpc) is 2.73. The van der Waals surface area contributed by atoms with Gasteiger partial charge in [0.1, 0.15) is 42.4 Å². The highest BCUT2D eigenvalue weighted by Crippen LogP contribution is 2.37. The predicted molar refractivity (Wildman–Crippen MR) is 103 cm³/mol. The molecule has 0 amide bonds. The molecule has 2 N–H and O–H groups in total. The Balaban J connectivity index is 1.98. The maximum Gasteiger partial charge on any atom is 0.411 e. The van der Waals surface area contributed by atoms with E-state index >= 15 is 0 Å². The molecule has 1 aliphatic rings. The van der Waals surface area contributed by atoms with Crippen LogP contribution in [0.3, 0.4) is 0 Å². The third kappa shape index (κ3) is 5.17. The third-order valence-corrected chi connectivity index (χ3v) is 4.64. The van der Waals surface area contributed by atoms with Crippen LogP contribution in [0.5, 0.6) is 0 Å². The molecule has 0 bridgehead atoms. The van der Waals surface area contributed by atoms with Crippen molar-refractivity contribution in [1.29, 1.82) is 5.26 Å². The molecule has 0 fully saturated rings. The van der Waals surface area contributed by atoms with E-state index in [-0.39, 0.29) is 28.5 Å². The topological polar surface area (TPSA) is 106 Å². The Morgan fingerprint density at radius 1 is 1.38 bits per heavy atom. The molecule has 32 heavy (non-hydrogen) atoms. The van der Waals surface area contributed by atoms with Crippen molar-refractivity contribution < 1.29 is 31.4 Å². The van der Waals surface area contributed by atoms with Gasteiger partial charge in [0.25, 0.3) is 6.02 Å². The summed E-state index contributed by atoms with van der Waals surface area (Å²) >= 11 is 0. The van der Waals surface area contributed by atoms with Gasteiger partial charge in [-0.05, 0) is 30.7 Å². The number of benzene rings is 1. The number of amidine groups is 1. The van der Waals surface area contributed by atoms with Gasteiger partial charge in [-0.15, -0.1) is 0 Å². The first kappa shape index (κ1) is 23.1. The summed E-state index contributed by atoms with van der Waals surface area (Å²) in [5, 5.41) is 8.73. The van der Waals surface area contributed by atoms with Gasteiger partial charge < -0.3 is 15.2 Å². The molecule has 2 atom stereocenters. The second-order valence-electron chi connectivity index (χ2n) is 6.95. The minimum absolute atomic E-state index is 0.00147. The minimum atomic E-state index is -4.62. The number of hydrogen-bond acceptors (Lipinski definition) is 7. The van der Waals surface area contributed by atoms with Crippen LogP contribution in [-0.4, -0.2) is 41.5 Å². The summed E-state index contributed by atoms with van der Waals surface area (Å²) in [7, 11) is 0. The first-order valence-electron chi connectivity index (χ1n) is 9.08. The van der Waals surface area contributed by atoms with Crippen LogP contribution in [0.2, 0.25) is 0 Å². The number of aromatic nitrogens is 2. The van der Waals surface area contributed by atoms with Crippen LogP contribution in [0.4, 0.5) is 22.0 Å². The number of alkyl halides is 3. The fourth-order valence-corrected chi connectivity index (χ4v) is 3.05. The molecule has 1 aliphatic heterocycles. The summed E-state index contributed by atoms with van der Waals surface area (Å²) in [4.78, 5) is 11.5. The molecular formula is C20H16F5N5O2. The normalized spacial score (nSPS) is 21.5. The van der Waals surface area contributed by atoms with E-state index in [1.807, 2.05) is 0 Å². The number of nitrogens with two attached hydrogens (primary N) is 1. The largest absolute Gasteiger partial charge is 0.463 e. The van der Waals surface area contributed by atoms with Gasteiger partial charge in [0.15, 0.2) is 11.5 Å². The van der Waals surface area contributed by atoms with Gasteiger partial charge >= 0.3 is 6.18 Å². The summed E-state index contributed by atoms with van der Waals surface area (Å²) < 4.78 is 77.2. The van der Waals surface area contributed by atoms with E-state index < -0.39 is 42.7 Å². The Morgan fingerprint density at radius 3 is 2.75 bits per heavy atom. The number of halogens is 5. The average molecular weight is 453 g/mol. The molecule has 0 spiro atoms. The van der Waals surface area contributed by atoms with Crippen LogP contribution in [0.1, 0.15) is 29.4 Å². The van der Waals surface area contributed by atoms with Gasteiger partial charge in [-0.3, -0.25) is 0 Å². The standard InChI is InChI=1S/C20H16F5N5O2/c1-19(17(9-31-18(27)30-19)32-10-20(23,24)25)13-4-11(2-3-14(13)21)5-15(22)16-8-28-12(6-26)7-29-16/h2-5,7-8,17H,9-10H2,1H3,(H2,27,30)/b15-5-/t17?,19-/m1/s1. The van der Waals surface area contributed by atoms with Crippen LogP contribution in [0.15, 0.2) is 35.6 Å². The number of nitrogens with zero attached hydrogens (tertiary/aromatic N) is 4. The number of rotatable bonds is 5. The van der Waals surface area contributed by atoms with Crippen molar-refractivity contribution in [3.8, 4) is 6.07 Å². The van der Waals surface area contributed by atoms with Gasteiger partial charge in [0, 0.05) is 5.56 Å². The molecule has 0 radical (unpaired) electrons. The first-order chi connectivity index (χ1) is 15.0. The van der Waals surface area contributed by atoms with E-state index in [9.17, 15) is 22.0 Å². The van der Waals surface area contributed by atoms with Crippen LogP contribution >= 0.6 is 0 Å². The molecule has 7 nitrogen and oxygen atoms in total. The van der Waals surface area contributed by atoms with Crippen molar-refractivity contribution in [2.24, 2.45) is 10.7 Å². The summed E-state index contributed by atoms with van der Waals surface area (Å²) in [6, 6.07) is 4.90. The summed E-state index contributed by atoms with van der Waals surface area (Å²) in [5.74, 6) is -1.63. The highest BCUT2D eigenvalue weighted by atomic mass is 19.4. The molecule has 0 saturated carbocycles. The lowest BCUT2D eigenvalue weighted by molar-refractivity contribution is -0.197. The molecule has 3 rings (SSSR count). The van der Waals surface area contributed by atoms with E-state index in [1.54, 1.807) is 6.07 Å². The van der Waals surface area contributed by atoms with Gasteiger partial charge in [-0.2, -0.15) is 18.4 Å². The van der Waals surface area contributed by atoms with Gasteiger partial charge in [0.05, 0.1) is 12.4 Å². The van der Waals surface area contributed by atoms with Crippen molar-refractivity contribution in [3.63, 3.8) is 0 Å². The lowest BCUT2D eigenvalue weighted by Crippen LogP contribution is -2.48. The van der Waals surface area contributed by atoms with E-state index in [0.29, 0.717) is 0 Å². The Bertz CT molecular complexity index is 1100. The highest BCUT2D eigenvalue weighted by Gasteiger charge is 2.44. The van der Waals surface area contributed by atoms with Crippen LogP contribution in [-0.2, 0) is 15.0 Å². The summed E-state index contributed by atoms with van der Waals surface area (Å²) in [6.07, 6.45) is -2.77. The number of nitriles is 1. The van der Waals surface area contributed by atoms with E-state index in [2.05, 4.69) is 15.0 Å². The zero-order valence-electron chi connectivity index (χ0n) is 16.5. The molecule has 2 aromatic rings. The second kappa shape index (κ2) is 8.88. The SMILES string of the molecule is C[C@]1(c2cc(/C=C(\F)c3cnc(C#N)cn3)ccc2F)N=C(N)OCC1OCC(F)(F)F. The minimum Gasteiger partial charge on any atom is -0.463 e. The smallest absolute Gasteiger partial charge is 0.411 e. The molecule has 1 aromatic heterocycles. The van der Waals surface area contributed by atoms with Crippen molar-refractivity contribution in [1.82, 2.24) is 9.97 Å². The molecule has 1 aromatic carbocycles. The molecular weight excluding hydrogens is 437 g/mol. The van der Waals surface area contributed by atoms with Crippen molar-refractivity contribution in [2.45, 2.75) is 24.7 Å². The van der Waals surface area contributed by atoms with Crippen molar-refractivity contribution in [3.05, 3.63) is 58.9 Å². The van der Waals surface area contributed by atoms with E-state index in [0.717, 1.165) is 24.5 Å². The Morgan fingerprint density at radius 2 is 2.12 bits per heavy atom. The molecule has 168 valence electrons. The molecule has 2 heterocycles. The quantitative estimate of drug-likeness (QED) is 0.695. The van der Waals surface area contributed by atoms with Gasteiger partial charge in [0.2, 0.25) is 0 Å². The molecule has 12 heteroatoms. The zero-order chi connectivity index (χ0) is 23.5. The number of hydrogen-bond donors (Lipinski definition) is 1. The first-order valence-corrected chi connectivity index (χ1v) is 9.08. The molecule has 0 saturated heterocycles. The van der Waals surface area contributed by atoms with Gasteiger partial charge in [-0.25, -0.2) is 23.7 Å². The maximum absolute atomic E-state index is 14.7. The predicted octanol–water partition coefficient (Wildman–Crippen LogP) is 3.46. The fraction of sp³-hybridized carbons (Fsp3) is 0.300. The summed E-state index contributed by atoms with van der Waals surface area (Å²) in [6.45, 7) is -0.645. The van der Waals surface area contributed by atoms with Crippen LogP contribution in [0, 0.1) is 17.1 Å². The fourth-order valence-electron chi connectivity index (χ4n) is 3.05. The van der Waals surface area contributed by atoms with Crippen LogP contribution < -0.4 is 5.73 Å². The van der Waals surface area contributed by atoms with E-state index in [1.165, 1.54) is 19.1 Å². The second-order valence-corrected chi connectivity index (χ2v) is 6.95. The lowest BCUT2D eigenvalue weighted by atomic mass is 9.85.